The van der Waals surface area contributed by atoms with Crippen LogP contribution in [-0.4, -0.2) is 9.97 Å². The summed E-state index contributed by atoms with van der Waals surface area (Å²) in [5.74, 6) is 7.57. The van der Waals surface area contributed by atoms with Gasteiger partial charge in [-0.3, -0.25) is 0 Å². The topological polar surface area (TPSA) is 75.9 Å². The molecule has 0 aliphatic carbocycles. The molecule has 0 radical (unpaired) electrons. The molecule has 1 unspecified atom stereocenters. The second kappa shape index (κ2) is 6.15. The van der Waals surface area contributed by atoms with Crippen LogP contribution in [0.25, 0.3) is 0 Å². The van der Waals surface area contributed by atoms with Crippen molar-refractivity contribution in [2.45, 2.75) is 26.3 Å². The summed E-state index contributed by atoms with van der Waals surface area (Å²) in [6.45, 7) is 4.11. The van der Waals surface area contributed by atoms with E-state index < -0.39 is 0 Å². The third-order valence-electron chi connectivity index (χ3n) is 2.90. The Balaban J connectivity index is 2.18. The molecular weight excluding hydrogens is 238 g/mol. The molecule has 0 aliphatic rings. The fraction of sp³-hybridized carbons (Fsp3) is 0.286. The van der Waals surface area contributed by atoms with Gasteiger partial charge in [0.25, 0.3) is 0 Å². The van der Waals surface area contributed by atoms with Crippen LogP contribution >= 0.6 is 0 Å². The van der Waals surface area contributed by atoms with E-state index in [4.69, 9.17) is 5.84 Å². The molecule has 0 fully saturated rings. The first-order valence-corrected chi connectivity index (χ1v) is 6.39. The predicted molar refractivity (Wildman–Crippen MR) is 77.7 cm³/mol. The normalized spacial score (nSPS) is 11.9. The van der Waals surface area contributed by atoms with Gasteiger partial charge in [-0.15, -0.1) is 0 Å². The van der Waals surface area contributed by atoms with Gasteiger partial charge in [0.1, 0.15) is 17.5 Å². The third-order valence-corrected chi connectivity index (χ3v) is 2.90. The van der Waals surface area contributed by atoms with Crippen molar-refractivity contribution < 1.29 is 0 Å². The number of anilines is 2. The Labute approximate surface area is 113 Å². The van der Waals surface area contributed by atoms with Crippen LogP contribution in [0.15, 0.2) is 36.4 Å². The lowest BCUT2D eigenvalue weighted by Gasteiger charge is -2.16. The molecule has 1 heterocycles. The number of nitrogens with one attached hydrogen (secondary N) is 2. The van der Waals surface area contributed by atoms with Gasteiger partial charge in [-0.25, -0.2) is 15.8 Å². The maximum absolute atomic E-state index is 5.42. The molecule has 4 N–H and O–H groups in total. The van der Waals surface area contributed by atoms with Gasteiger partial charge in [-0.05, 0) is 12.5 Å². The Morgan fingerprint density at radius 2 is 1.84 bits per heavy atom. The molecule has 5 nitrogen and oxygen atoms in total. The van der Waals surface area contributed by atoms with E-state index in [1.165, 1.54) is 5.56 Å². The van der Waals surface area contributed by atoms with E-state index in [-0.39, 0.29) is 6.04 Å². The van der Waals surface area contributed by atoms with E-state index in [2.05, 4.69) is 39.8 Å². The number of hydrazine groups is 1. The Hall–Kier alpha value is -2.14. The van der Waals surface area contributed by atoms with Gasteiger partial charge in [0.2, 0.25) is 0 Å². The largest absolute Gasteiger partial charge is 0.363 e. The van der Waals surface area contributed by atoms with Crippen molar-refractivity contribution in [3.05, 3.63) is 47.8 Å². The van der Waals surface area contributed by atoms with Crippen molar-refractivity contribution in [2.75, 3.05) is 10.7 Å². The number of nitrogens with zero attached hydrogens (tertiary/aromatic N) is 2. The minimum Gasteiger partial charge on any atom is -0.363 e. The Kier molecular flexibility index (Phi) is 4.30. The second-order valence-electron chi connectivity index (χ2n) is 4.33. The predicted octanol–water partition coefficient (Wildman–Crippen LogP) is 2.50. The number of benzene rings is 1. The molecule has 1 aromatic carbocycles. The van der Waals surface area contributed by atoms with Crippen molar-refractivity contribution in [2.24, 2.45) is 5.84 Å². The van der Waals surface area contributed by atoms with Crippen LogP contribution in [-0.2, 0) is 6.42 Å². The lowest BCUT2D eigenvalue weighted by Crippen LogP contribution is -2.13. The fourth-order valence-corrected chi connectivity index (χ4v) is 1.85. The minimum atomic E-state index is 0.173. The summed E-state index contributed by atoms with van der Waals surface area (Å²) in [6, 6.07) is 12.2. The minimum absolute atomic E-state index is 0.173. The van der Waals surface area contributed by atoms with Gasteiger partial charge in [0.05, 0.1) is 0 Å². The van der Waals surface area contributed by atoms with Gasteiger partial charge in [0.15, 0.2) is 0 Å². The smallest absolute Gasteiger partial charge is 0.145 e. The lowest BCUT2D eigenvalue weighted by molar-refractivity contribution is 0.857. The van der Waals surface area contributed by atoms with Crippen LogP contribution in [0.1, 0.15) is 31.3 Å². The summed E-state index contributed by atoms with van der Waals surface area (Å²) >= 11 is 0. The molecule has 2 aromatic rings. The van der Waals surface area contributed by atoms with E-state index >= 15 is 0 Å². The molecule has 0 spiro atoms. The quantitative estimate of drug-likeness (QED) is 0.567. The molecule has 0 saturated heterocycles. The Bertz CT molecular complexity index is 504. The highest BCUT2D eigenvalue weighted by molar-refractivity contribution is 5.48. The van der Waals surface area contributed by atoms with Crippen LogP contribution in [0.5, 0.6) is 0 Å². The molecule has 2 rings (SSSR count). The molecule has 5 heteroatoms. The number of nitrogen functional groups attached to an aromatic ring is 1. The Morgan fingerprint density at radius 1 is 1.16 bits per heavy atom. The number of hydrogen-bond acceptors (Lipinski definition) is 5. The van der Waals surface area contributed by atoms with Gasteiger partial charge < -0.3 is 10.7 Å². The average molecular weight is 257 g/mol. The number of hydrogen-bond donors (Lipinski definition) is 3. The summed E-state index contributed by atoms with van der Waals surface area (Å²) < 4.78 is 0. The average Bonchev–Trinajstić information content (AvgIpc) is 2.47. The van der Waals surface area contributed by atoms with Gasteiger partial charge in [0, 0.05) is 18.5 Å². The maximum atomic E-state index is 5.42. The first-order chi connectivity index (χ1) is 9.22. The lowest BCUT2D eigenvalue weighted by atomic mass is 10.1. The third kappa shape index (κ3) is 3.42. The summed E-state index contributed by atoms with van der Waals surface area (Å²) in [4.78, 5) is 8.71. The highest BCUT2D eigenvalue weighted by Crippen LogP contribution is 2.19. The molecule has 1 aromatic heterocycles. The molecule has 0 bridgehead atoms. The summed E-state index contributed by atoms with van der Waals surface area (Å²) in [7, 11) is 0. The molecule has 1 atom stereocenters. The van der Waals surface area contributed by atoms with Gasteiger partial charge in [-0.2, -0.15) is 0 Å². The first-order valence-electron chi connectivity index (χ1n) is 6.39. The molecule has 0 saturated carbocycles. The van der Waals surface area contributed by atoms with Crippen LogP contribution in [0, 0.1) is 0 Å². The van der Waals surface area contributed by atoms with Crippen LogP contribution < -0.4 is 16.6 Å². The summed E-state index contributed by atoms with van der Waals surface area (Å²) in [5.41, 5.74) is 3.77. The second-order valence-corrected chi connectivity index (χ2v) is 4.33. The van der Waals surface area contributed by atoms with Crippen LogP contribution in [0.4, 0.5) is 11.6 Å². The van der Waals surface area contributed by atoms with E-state index in [1.807, 2.05) is 25.1 Å². The van der Waals surface area contributed by atoms with Crippen molar-refractivity contribution in [1.82, 2.24) is 9.97 Å². The van der Waals surface area contributed by atoms with E-state index in [0.717, 1.165) is 18.1 Å². The van der Waals surface area contributed by atoms with Crippen molar-refractivity contribution in [3.8, 4) is 0 Å². The SMILES string of the molecule is CCc1nc(NN)cc(NC(C)c2ccccc2)n1. The monoisotopic (exact) mass is 257 g/mol. The van der Waals surface area contributed by atoms with Gasteiger partial charge >= 0.3 is 0 Å². The standard InChI is InChI=1S/C14H19N5/c1-3-12-17-13(9-14(18-12)19-15)16-10(2)11-7-5-4-6-8-11/h4-10H,3,15H2,1-2H3,(H2,16,17,18,19). The van der Waals surface area contributed by atoms with Crippen molar-refractivity contribution >= 4 is 11.6 Å². The molecule has 100 valence electrons. The van der Waals surface area contributed by atoms with Crippen molar-refractivity contribution in [3.63, 3.8) is 0 Å². The van der Waals surface area contributed by atoms with Gasteiger partial charge in [-0.1, -0.05) is 37.3 Å². The zero-order valence-corrected chi connectivity index (χ0v) is 11.2. The van der Waals surface area contributed by atoms with E-state index in [1.54, 1.807) is 6.07 Å². The molecular formula is C14H19N5. The molecule has 0 aliphatic heterocycles. The summed E-state index contributed by atoms with van der Waals surface area (Å²) in [6.07, 6.45) is 0.768. The maximum Gasteiger partial charge on any atom is 0.145 e. The molecule has 19 heavy (non-hydrogen) atoms. The first kappa shape index (κ1) is 13.3. The Morgan fingerprint density at radius 3 is 2.47 bits per heavy atom. The number of rotatable bonds is 5. The fourth-order valence-electron chi connectivity index (χ4n) is 1.85. The number of nitrogens with two attached hydrogens (primary N) is 1. The number of aryl methyl sites for hydroxylation is 1. The summed E-state index contributed by atoms with van der Waals surface area (Å²) in [5, 5.41) is 3.36. The van der Waals surface area contributed by atoms with Crippen LogP contribution in [0.3, 0.4) is 0 Å². The highest BCUT2D eigenvalue weighted by atomic mass is 15.3. The van der Waals surface area contributed by atoms with E-state index in [0.29, 0.717) is 5.82 Å². The van der Waals surface area contributed by atoms with E-state index in [9.17, 15) is 0 Å². The van der Waals surface area contributed by atoms with Crippen molar-refractivity contribution in [1.29, 1.82) is 0 Å². The zero-order valence-electron chi connectivity index (χ0n) is 11.2. The molecule has 0 amide bonds. The highest BCUT2D eigenvalue weighted by Gasteiger charge is 2.08. The zero-order chi connectivity index (χ0) is 13.7. The number of aromatic nitrogens is 2. The van der Waals surface area contributed by atoms with Crippen LogP contribution in [0.2, 0.25) is 0 Å².